The van der Waals surface area contributed by atoms with Crippen molar-refractivity contribution in [1.82, 2.24) is 14.1 Å². The van der Waals surface area contributed by atoms with Crippen molar-refractivity contribution in [1.29, 1.82) is 0 Å². The summed E-state index contributed by atoms with van der Waals surface area (Å²) in [4.78, 5) is 17.3. The molecule has 162 valence electrons. The van der Waals surface area contributed by atoms with E-state index in [2.05, 4.69) is 17.0 Å². The highest BCUT2D eigenvalue weighted by Gasteiger charge is 2.34. The zero-order valence-electron chi connectivity index (χ0n) is 17.5. The molecule has 0 saturated carbocycles. The van der Waals surface area contributed by atoms with Gasteiger partial charge in [-0.3, -0.25) is 9.69 Å². The van der Waals surface area contributed by atoms with Crippen molar-refractivity contribution in [2.45, 2.75) is 32.7 Å². The van der Waals surface area contributed by atoms with Gasteiger partial charge in [0, 0.05) is 45.8 Å². The third-order valence-electron chi connectivity index (χ3n) is 5.84. The van der Waals surface area contributed by atoms with E-state index in [1.165, 1.54) is 9.87 Å². The Kier molecular flexibility index (Phi) is 7.54. The lowest BCUT2D eigenvalue weighted by Crippen LogP contribution is -2.52. The van der Waals surface area contributed by atoms with Crippen molar-refractivity contribution in [3.8, 4) is 5.75 Å². The van der Waals surface area contributed by atoms with Crippen LogP contribution in [-0.2, 0) is 21.4 Å². The summed E-state index contributed by atoms with van der Waals surface area (Å²) < 4.78 is 31.5. The Labute approximate surface area is 174 Å². The van der Waals surface area contributed by atoms with Crippen LogP contribution in [0.4, 0.5) is 0 Å². The smallest absolute Gasteiger partial charge is 0.227 e. The number of hydrogen-bond donors (Lipinski definition) is 0. The van der Waals surface area contributed by atoms with Gasteiger partial charge >= 0.3 is 0 Å². The van der Waals surface area contributed by atoms with Crippen LogP contribution in [0, 0.1) is 5.92 Å². The van der Waals surface area contributed by atoms with Crippen molar-refractivity contribution < 1.29 is 17.9 Å². The van der Waals surface area contributed by atoms with Gasteiger partial charge in [-0.05, 0) is 37.0 Å². The van der Waals surface area contributed by atoms with Crippen LogP contribution in [0.1, 0.15) is 31.7 Å². The average Bonchev–Trinajstić information content (AvgIpc) is 2.74. The van der Waals surface area contributed by atoms with Crippen LogP contribution in [0.25, 0.3) is 0 Å². The number of carbonyl (C=O) groups excluding carboxylic acids is 1. The Morgan fingerprint density at radius 3 is 2.41 bits per heavy atom. The predicted molar refractivity (Wildman–Crippen MR) is 113 cm³/mol. The molecule has 7 nitrogen and oxygen atoms in total. The Balaban J connectivity index is 1.50. The topological polar surface area (TPSA) is 70.2 Å². The first-order chi connectivity index (χ1) is 13.9. The SMILES string of the molecule is CCCS(=O)(=O)N1CCCC(C(=O)N2CCN(Cc3ccc(OC)cc3)CC2)C1. The molecule has 1 unspecified atom stereocenters. The molecule has 2 saturated heterocycles. The summed E-state index contributed by atoms with van der Waals surface area (Å²) in [5.41, 5.74) is 1.23. The zero-order valence-corrected chi connectivity index (χ0v) is 18.4. The van der Waals surface area contributed by atoms with E-state index in [0.29, 0.717) is 32.6 Å². The molecular weight excluding hydrogens is 390 g/mol. The Morgan fingerprint density at radius 1 is 1.10 bits per heavy atom. The maximum atomic E-state index is 13.0. The van der Waals surface area contributed by atoms with Crippen molar-refractivity contribution in [2.24, 2.45) is 5.92 Å². The predicted octanol–water partition coefficient (Wildman–Crippen LogP) is 1.79. The normalized spacial score (nSPS) is 21.9. The van der Waals surface area contributed by atoms with Gasteiger partial charge in [-0.1, -0.05) is 19.1 Å². The Morgan fingerprint density at radius 2 is 1.79 bits per heavy atom. The summed E-state index contributed by atoms with van der Waals surface area (Å²) in [6.07, 6.45) is 2.15. The van der Waals surface area contributed by atoms with E-state index in [9.17, 15) is 13.2 Å². The highest BCUT2D eigenvalue weighted by Crippen LogP contribution is 2.23. The molecule has 0 aliphatic carbocycles. The summed E-state index contributed by atoms with van der Waals surface area (Å²) >= 11 is 0. The van der Waals surface area contributed by atoms with Crippen LogP contribution in [0.3, 0.4) is 0 Å². The number of methoxy groups -OCH3 is 1. The number of rotatable bonds is 7. The van der Waals surface area contributed by atoms with Gasteiger partial charge in [-0.25, -0.2) is 12.7 Å². The molecule has 2 aliphatic heterocycles. The highest BCUT2D eigenvalue weighted by molar-refractivity contribution is 7.89. The first-order valence-corrected chi connectivity index (χ1v) is 12.2. The Bertz CT molecular complexity index is 774. The fraction of sp³-hybridized carbons (Fsp3) is 0.667. The number of sulfonamides is 1. The number of ether oxygens (including phenoxy) is 1. The van der Waals surface area contributed by atoms with Crippen LogP contribution in [0.2, 0.25) is 0 Å². The molecule has 1 aromatic carbocycles. The molecule has 0 aromatic heterocycles. The second-order valence-corrected chi connectivity index (χ2v) is 10.1. The van der Waals surface area contributed by atoms with E-state index in [0.717, 1.165) is 38.2 Å². The summed E-state index contributed by atoms with van der Waals surface area (Å²) in [6.45, 7) is 6.69. The standard InChI is InChI=1S/C21H33N3O4S/c1-3-15-29(26,27)24-10-4-5-19(17-24)21(25)23-13-11-22(12-14-23)16-18-6-8-20(28-2)9-7-18/h6-9,19H,3-5,10-17H2,1-2H3. The number of nitrogens with zero attached hydrogens (tertiary/aromatic N) is 3. The van der Waals surface area contributed by atoms with E-state index >= 15 is 0 Å². The van der Waals surface area contributed by atoms with Crippen molar-refractivity contribution >= 4 is 15.9 Å². The summed E-state index contributed by atoms with van der Waals surface area (Å²) in [7, 11) is -1.57. The molecule has 2 heterocycles. The third-order valence-corrected chi connectivity index (χ3v) is 7.88. The molecule has 8 heteroatoms. The maximum Gasteiger partial charge on any atom is 0.227 e. The second kappa shape index (κ2) is 9.91. The molecule has 0 N–H and O–H groups in total. The molecule has 0 radical (unpaired) electrons. The maximum absolute atomic E-state index is 13.0. The number of hydrogen-bond acceptors (Lipinski definition) is 5. The van der Waals surface area contributed by atoms with Gasteiger partial charge in [-0.15, -0.1) is 0 Å². The number of piperazine rings is 1. The zero-order chi connectivity index (χ0) is 20.9. The summed E-state index contributed by atoms with van der Waals surface area (Å²) in [6, 6.07) is 8.08. The van der Waals surface area contributed by atoms with Crippen LogP contribution in [0.5, 0.6) is 5.75 Å². The lowest BCUT2D eigenvalue weighted by molar-refractivity contribution is -0.138. The van der Waals surface area contributed by atoms with Gasteiger partial charge in [0.25, 0.3) is 0 Å². The fourth-order valence-corrected chi connectivity index (χ4v) is 5.75. The minimum Gasteiger partial charge on any atom is -0.497 e. The molecule has 2 aliphatic rings. The molecule has 1 amide bonds. The molecular formula is C21H33N3O4S. The monoisotopic (exact) mass is 423 g/mol. The molecule has 2 fully saturated rings. The van der Waals surface area contributed by atoms with E-state index in [4.69, 9.17) is 4.74 Å². The van der Waals surface area contributed by atoms with Gasteiger partial charge < -0.3 is 9.64 Å². The second-order valence-electron chi connectivity index (χ2n) is 7.96. The molecule has 1 atom stereocenters. The van der Waals surface area contributed by atoms with Crippen molar-refractivity contribution in [3.05, 3.63) is 29.8 Å². The molecule has 3 rings (SSSR count). The van der Waals surface area contributed by atoms with Crippen molar-refractivity contribution in [3.63, 3.8) is 0 Å². The van der Waals surface area contributed by atoms with E-state index in [1.807, 2.05) is 24.0 Å². The van der Waals surface area contributed by atoms with Gasteiger partial charge in [0.2, 0.25) is 15.9 Å². The lowest BCUT2D eigenvalue weighted by Gasteiger charge is -2.38. The van der Waals surface area contributed by atoms with Gasteiger partial charge in [-0.2, -0.15) is 0 Å². The van der Waals surface area contributed by atoms with Crippen LogP contribution < -0.4 is 4.74 Å². The summed E-state index contributed by atoms with van der Waals surface area (Å²) in [5.74, 6) is 0.929. The largest absolute Gasteiger partial charge is 0.497 e. The van der Waals surface area contributed by atoms with E-state index in [1.54, 1.807) is 7.11 Å². The van der Waals surface area contributed by atoms with Crippen molar-refractivity contribution in [2.75, 3.05) is 52.1 Å². The number of benzene rings is 1. The van der Waals surface area contributed by atoms with Crippen LogP contribution >= 0.6 is 0 Å². The van der Waals surface area contributed by atoms with E-state index < -0.39 is 10.0 Å². The first-order valence-electron chi connectivity index (χ1n) is 10.5. The minimum absolute atomic E-state index is 0.116. The van der Waals surface area contributed by atoms with E-state index in [-0.39, 0.29) is 17.6 Å². The quantitative estimate of drug-likeness (QED) is 0.669. The minimum atomic E-state index is -3.23. The van der Waals surface area contributed by atoms with Crippen LogP contribution in [0.15, 0.2) is 24.3 Å². The Hall–Kier alpha value is -1.64. The van der Waals surface area contributed by atoms with Gasteiger partial charge in [0.15, 0.2) is 0 Å². The number of piperidine rings is 1. The number of amides is 1. The molecule has 1 aromatic rings. The van der Waals surface area contributed by atoms with Gasteiger partial charge in [0.05, 0.1) is 18.8 Å². The molecule has 0 bridgehead atoms. The molecule has 0 spiro atoms. The lowest BCUT2D eigenvalue weighted by atomic mass is 9.97. The third kappa shape index (κ3) is 5.71. The summed E-state index contributed by atoms with van der Waals surface area (Å²) in [5, 5.41) is 0. The number of carbonyl (C=O) groups is 1. The van der Waals surface area contributed by atoms with Crippen LogP contribution in [-0.4, -0.2) is 80.6 Å². The first kappa shape index (κ1) is 22.1. The average molecular weight is 424 g/mol. The highest BCUT2D eigenvalue weighted by atomic mass is 32.2. The fourth-order valence-electron chi connectivity index (χ4n) is 4.16. The molecule has 29 heavy (non-hydrogen) atoms. The van der Waals surface area contributed by atoms with Gasteiger partial charge in [0.1, 0.15) is 5.75 Å².